The highest BCUT2D eigenvalue weighted by molar-refractivity contribution is 5.98. The summed E-state index contributed by atoms with van der Waals surface area (Å²) in [5.74, 6) is -2.93. The van der Waals surface area contributed by atoms with Gasteiger partial charge < -0.3 is 23.9 Å². The van der Waals surface area contributed by atoms with E-state index in [2.05, 4.69) is 5.32 Å². The Hall–Kier alpha value is -3.60. The summed E-state index contributed by atoms with van der Waals surface area (Å²) in [7, 11) is 1.42. The van der Waals surface area contributed by atoms with Crippen LogP contribution >= 0.6 is 0 Å². The third-order valence-electron chi connectivity index (χ3n) is 4.56. The molecule has 0 atom stereocenters. The van der Waals surface area contributed by atoms with Crippen LogP contribution in [0.25, 0.3) is 11.0 Å². The lowest BCUT2D eigenvalue weighted by molar-refractivity contribution is -0.137. The van der Waals surface area contributed by atoms with E-state index in [9.17, 15) is 27.2 Å². The van der Waals surface area contributed by atoms with E-state index in [1.165, 1.54) is 20.1 Å². The van der Waals surface area contributed by atoms with Crippen molar-refractivity contribution in [3.8, 4) is 5.75 Å². The van der Waals surface area contributed by atoms with Crippen molar-refractivity contribution in [2.24, 2.45) is 0 Å². The first-order valence-corrected chi connectivity index (χ1v) is 9.59. The minimum Gasteiger partial charge on any atom is -0.489 e. The summed E-state index contributed by atoms with van der Waals surface area (Å²) in [5.41, 5.74) is -1.08. The molecule has 11 heteroatoms. The van der Waals surface area contributed by atoms with Crippen molar-refractivity contribution < 1.29 is 45.8 Å². The molecule has 1 N–H and O–H groups in total. The summed E-state index contributed by atoms with van der Waals surface area (Å²) < 4.78 is 73.3. The lowest BCUT2D eigenvalue weighted by atomic mass is 10.1. The summed E-state index contributed by atoms with van der Waals surface area (Å²) in [5, 5.41) is 2.60. The number of alkyl halides is 3. The number of furan rings is 1. The predicted octanol–water partition coefficient (Wildman–Crippen LogP) is 4.72. The van der Waals surface area contributed by atoms with E-state index >= 15 is 0 Å². The molecular weight excluding hydrogens is 450 g/mol. The van der Waals surface area contributed by atoms with Crippen LogP contribution in [0.1, 0.15) is 21.7 Å². The number of para-hydroxylation sites is 1. The standard InChI is InChI=1S/C22H19F4NO6/c1-12-14-4-3-5-15(23)20(14)33-19(12)21(29)32-11-18(28)27-16-10-13(22(24,25)26)6-7-17(16)31-9-8-30-2/h3-7,10H,8-9,11H2,1-2H3,(H,27,28). The zero-order valence-electron chi connectivity index (χ0n) is 17.5. The molecule has 0 aliphatic heterocycles. The molecular formula is C22H19F4NO6. The van der Waals surface area contributed by atoms with Gasteiger partial charge in [0.05, 0.1) is 17.9 Å². The number of hydrogen-bond donors (Lipinski definition) is 1. The highest BCUT2D eigenvalue weighted by atomic mass is 19.4. The largest absolute Gasteiger partial charge is 0.489 e. The smallest absolute Gasteiger partial charge is 0.416 e. The van der Waals surface area contributed by atoms with Gasteiger partial charge in [-0.1, -0.05) is 12.1 Å². The average molecular weight is 469 g/mol. The van der Waals surface area contributed by atoms with Crippen molar-refractivity contribution in [2.75, 3.05) is 32.2 Å². The number of fused-ring (bicyclic) bond motifs is 1. The van der Waals surface area contributed by atoms with E-state index < -0.39 is 36.0 Å². The molecule has 0 saturated carbocycles. The maximum Gasteiger partial charge on any atom is 0.416 e. The zero-order valence-corrected chi connectivity index (χ0v) is 17.5. The minimum atomic E-state index is -4.65. The molecule has 0 bridgehead atoms. The zero-order chi connectivity index (χ0) is 24.2. The van der Waals surface area contributed by atoms with Gasteiger partial charge in [0, 0.05) is 18.1 Å². The van der Waals surface area contributed by atoms with Gasteiger partial charge in [-0.3, -0.25) is 4.79 Å². The van der Waals surface area contributed by atoms with Crippen molar-refractivity contribution in [2.45, 2.75) is 13.1 Å². The number of rotatable bonds is 8. The third-order valence-corrected chi connectivity index (χ3v) is 4.56. The van der Waals surface area contributed by atoms with Crippen molar-refractivity contribution in [1.82, 2.24) is 0 Å². The Kier molecular flexibility index (Phi) is 7.22. The normalized spacial score (nSPS) is 11.5. The Morgan fingerprint density at radius 1 is 1.12 bits per heavy atom. The molecule has 1 heterocycles. The number of carbonyl (C=O) groups excluding carboxylic acids is 2. The third kappa shape index (κ3) is 5.61. The van der Waals surface area contributed by atoms with Gasteiger partial charge in [-0.05, 0) is 31.2 Å². The molecule has 0 unspecified atom stereocenters. The molecule has 0 aliphatic rings. The summed E-state index contributed by atoms with van der Waals surface area (Å²) in [4.78, 5) is 24.6. The highest BCUT2D eigenvalue weighted by Crippen LogP contribution is 2.35. The summed E-state index contributed by atoms with van der Waals surface area (Å²) in [6.45, 7) is 0.894. The van der Waals surface area contributed by atoms with Gasteiger partial charge in [0.15, 0.2) is 18.0 Å². The summed E-state index contributed by atoms with van der Waals surface area (Å²) in [6, 6.07) is 6.74. The Morgan fingerprint density at radius 3 is 2.55 bits per heavy atom. The van der Waals surface area contributed by atoms with Crippen molar-refractivity contribution >= 4 is 28.5 Å². The second-order valence-corrected chi connectivity index (χ2v) is 6.85. The van der Waals surface area contributed by atoms with E-state index in [-0.39, 0.29) is 36.0 Å². The quantitative estimate of drug-likeness (QED) is 0.292. The average Bonchev–Trinajstić information content (AvgIpc) is 3.10. The molecule has 33 heavy (non-hydrogen) atoms. The number of aryl methyl sites for hydroxylation is 1. The van der Waals surface area contributed by atoms with Gasteiger partial charge in [0.25, 0.3) is 5.91 Å². The van der Waals surface area contributed by atoms with Crippen LogP contribution < -0.4 is 10.1 Å². The molecule has 3 aromatic rings. The molecule has 3 rings (SSSR count). The van der Waals surface area contributed by atoms with Gasteiger partial charge in [-0.15, -0.1) is 0 Å². The molecule has 0 fully saturated rings. The second-order valence-electron chi connectivity index (χ2n) is 6.85. The molecule has 2 aromatic carbocycles. The van der Waals surface area contributed by atoms with Crippen LogP contribution in [0.4, 0.5) is 23.2 Å². The fourth-order valence-corrected chi connectivity index (χ4v) is 2.95. The highest BCUT2D eigenvalue weighted by Gasteiger charge is 2.31. The van der Waals surface area contributed by atoms with Crippen molar-refractivity contribution in [3.05, 3.63) is 59.1 Å². The summed E-state index contributed by atoms with van der Waals surface area (Å²) in [6.07, 6.45) is -4.65. The predicted molar refractivity (Wildman–Crippen MR) is 109 cm³/mol. The fraction of sp³-hybridized carbons (Fsp3) is 0.273. The van der Waals surface area contributed by atoms with Crippen LogP contribution in [-0.2, 0) is 20.4 Å². The minimum absolute atomic E-state index is 0.0247. The van der Waals surface area contributed by atoms with Crippen molar-refractivity contribution in [1.29, 1.82) is 0 Å². The number of nitrogens with one attached hydrogen (secondary N) is 1. The van der Waals surface area contributed by atoms with Gasteiger partial charge in [-0.25, -0.2) is 9.18 Å². The molecule has 0 radical (unpaired) electrons. The second kappa shape index (κ2) is 9.90. The molecule has 7 nitrogen and oxygen atoms in total. The number of halogens is 4. The molecule has 1 aromatic heterocycles. The topological polar surface area (TPSA) is 87.0 Å². The Morgan fingerprint density at radius 2 is 1.88 bits per heavy atom. The lowest BCUT2D eigenvalue weighted by Crippen LogP contribution is -2.22. The van der Waals surface area contributed by atoms with Crippen LogP contribution in [-0.4, -0.2) is 38.8 Å². The Labute approximate surface area is 185 Å². The van der Waals surface area contributed by atoms with E-state index in [0.29, 0.717) is 17.0 Å². The van der Waals surface area contributed by atoms with Gasteiger partial charge in [0.1, 0.15) is 12.4 Å². The van der Waals surface area contributed by atoms with Gasteiger partial charge in [-0.2, -0.15) is 13.2 Å². The van der Waals surface area contributed by atoms with Gasteiger partial charge in [0.2, 0.25) is 5.76 Å². The molecule has 0 spiro atoms. The van der Waals surface area contributed by atoms with Crippen LogP contribution in [0.5, 0.6) is 5.75 Å². The fourth-order valence-electron chi connectivity index (χ4n) is 2.95. The number of hydrogen-bond acceptors (Lipinski definition) is 6. The first kappa shape index (κ1) is 24.1. The van der Waals surface area contributed by atoms with E-state index in [1.54, 1.807) is 6.07 Å². The lowest BCUT2D eigenvalue weighted by Gasteiger charge is -2.15. The van der Waals surface area contributed by atoms with E-state index in [4.69, 9.17) is 18.6 Å². The van der Waals surface area contributed by atoms with Crippen molar-refractivity contribution in [3.63, 3.8) is 0 Å². The van der Waals surface area contributed by atoms with Gasteiger partial charge >= 0.3 is 12.1 Å². The number of methoxy groups -OCH3 is 1. The van der Waals surface area contributed by atoms with Crippen LogP contribution in [0.15, 0.2) is 40.8 Å². The van der Waals surface area contributed by atoms with Crippen LogP contribution in [0, 0.1) is 12.7 Å². The van der Waals surface area contributed by atoms with Crippen LogP contribution in [0.3, 0.4) is 0 Å². The molecule has 176 valence electrons. The number of carbonyl (C=O) groups is 2. The monoisotopic (exact) mass is 469 g/mol. The number of amides is 1. The molecule has 1 amide bonds. The molecule has 0 saturated heterocycles. The maximum absolute atomic E-state index is 13.9. The first-order valence-electron chi connectivity index (χ1n) is 9.59. The molecule has 0 aliphatic carbocycles. The number of anilines is 1. The summed E-state index contributed by atoms with van der Waals surface area (Å²) >= 11 is 0. The number of esters is 1. The Bertz CT molecular complexity index is 1170. The Balaban J connectivity index is 1.71. The van der Waals surface area contributed by atoms with E-state index in [0.717, 1.165) is 18.2 Å². The maximum atomic E-state index is 13.9. The van der Waals surface area contributed by atoms with E-state index in [1.807, 2.05) is 0 Å². The first-order chi connectivity index (χ1) is 15.6. The SMILES string of the molecule is COCCOc1ccc(C(F)(F)F)cc1NC(=O)COC(=O)c1oc2c(F)cccc2c1C. The number of ether oxygens (including phenoxy) is 3. The van der Waals surface area contributed by atoms with Crippen LogP contribution in [0.2, 0.25) is 0 Å². The number of benzene rings is 2.